The molecule has 2 aliphatic heterocycles. The van der Waals surface area contributed by atoms with E-state index >= 15 is 0 Å². The molecule has 49 heavy (non-hydrogen) atoms. The number of ketones is 4. The van der Waals surface area contributed by atoms with Crippen LogP contribution in [-0.2, 0) is 51.4 Å². The molecule has 2 saturated heterocycles. The predicted molar refractivity (Wildman–Crippen MR) is 178 cm³/mol. The molecule has 2 aromatic carbocycles. The van der Waals surface area contributed by atoms with Gasteiger partial charge in [-0.1, -0.05) is 60.7 Å². The Balaban J connectivity index is 0.000000276. The fourth-order valence-corrected chi connectivity index (χ4v) is 5.60. The Kier molecular flexibility index (Phi) is 14.2. The molecule has 0 aliphatic carbocycles. The van der Waals surface area contributed by atoms with E-state index in [0.717, 1.165) is 17.5 Å². The second-order valence-electron chi connectivity index (χ2n) is 13.1. The first kappa shape index (κ1) is 38.6. The molecule has 0 aromatic heterocycles. The molecule has 0 saturated carbocycles. The highest BCUT2D eigenvalue weighted by Crippen LogP contribution is 2.25. The van der Waals surface area contributed by atoms with Gasteiger partial charge in [-0.15, -0.1) is 0 Å². The molecule has 2 amide bonds. The van der Waals surface area contributed by atoms with Crippen LogP contribution in [0.25, 0.3) is 0 Å². The van der Waals surface area contributed by atoms with Gasteiger partial charge in [0.15, 0.2) is 23.3 Å². The lowest BCUT2D eigenvalue weighted by atomic mass is 9.93. The van der Waals surface area contributed by atoms with E-state index in [9.17, 15) is 33.6 Å². The second-order valence-corrected chi connectivity index (χ2v) is 13.1. The van der Waals surface area contributed by atoms with E-state index in [1.807, 2.05) is 60.7 Å². The van der Waals surface area contributed by atoms with Gasteiger partial charge in [0, 0.05) is 13.1 Å². The third-order valence-corrected chi connectivity index (χ3v) is 7.84. The highest BCUT2D eigenvalue weighted by molar-refractivity contribution is 6.18. The standard InChI is InChI=1S/C21H27NO6.C16H19NO4/c1-14(23)17(19(25)28-21(2,3)4)18(24)16-11-8-12-22(16)20(26)27-13-15-9-6-5-7-10-15;1-12(18)10-15(19)14-8-5-9-17(14)16(20)21-11-13-6-3-2-4-7-13/h5-7,9-10,16-17H,8,11-13H2,1-4H3;2-4,6-7,14H,5,8-11H2,1H3. The lowest BCUT2D eigenvalue weighted by Gasteiger charge is -2.27. The number of carbonyl (C=O) groups excluding carboxylic acids is 7. The molecule has 2 fully saturated rings. The van der Waals surface area contributed by atoms with Gasteiger partial charge >= 0.3 is 18.2 Å². The fourth-order valence-electron chi connectivity index (χ4n) is 5.60. The van der Waals surface area contributed by atoms with Gasteiger partial charge in [-0.25, -0.2) is 9.59 Å². The van der Waals surface area contributed by atoms with Crippen molar-refractivity contribution >= 4 is 41.3 Å². The van der Waals surface area contributed by atoms with E-state index in [4.69, 9.17) is 14.2 Å². The van der Waals surface area contributed by atoms with Gasteiger partial charge < -0.3 is 14.2 Å². The number of hydrogen-bond donors (Lipinski definition) is 0. The summed E-state index contributed by atoms with van der Waals surface area (Å²) in [6, 6.07) is 17.2. The summed E-state index contributed by atoms with van der Waals surface area (Å²) in [5, 5.41) is 0. The summed E-state index contributed by atoms with van der Waals surface area (Å²) < 4.78 is 15.8. The summed E-state index contributed by atoms with van der Waals surface area (Å²) in [6.45, 7) is 8.65. The minimum Gasteiger partial charge on any atom is -0.459 e. The number of Topliss-reactive ketones (excluding diaryl/α,β-unsaturated/α-hetero) is 4. The normalized spacial score (nSPS) is 17.7. The molecule has 0 N–H and O–H groups in total. The Labute approximate surface area is 287 Å². The molecule has 264 valence electrons. The zero-order chi connectivity index (χ0) is 36.1. The number of esters is 1. The van der Waals surface area contributed by atoms with Crippen molar-refractivity contribution in [3.8, 4) is 0 Å². The van der Waals surface area contributed by atoms with Crippen LogP contribution in [0.3, 0.4) is 0 Å². The molecule has 2 aromatic rings. The van der Waals surface area contributed by atoms with Crippen molar-refractivity contribution in [3.63, 3.8) is 0 Å². The highest BCUT2D eigenvalue weighted by Gasteiger charge is 2.44. The van der Waals surface area contributed by atoms with Crippen molar-refractivity contribution in [2.75, 3.05) is 13.1 Å². The van der Waals surface area contributed by atoms with Crippen LogP contribution in [0.4, 0.5) is 9.59 Å². The minimum atomic E-state index is -1.54. The first-order chi connectivity index (χ1) is 23.2. The summed E-state index contributed by atoms with van der Waals surface area (Å²) in [5.74, 6) is -4.00. The summed E-state index contributed by atoms with van der Waals surface area (Å²) in [6.07, 6.45) is 1.10. The number of likely N-dealkylation sites (tertiary alicyclic amines) is 2. The van der Waals surface area contributed by atoms with E-state index in [1.165, 1.54) is 23.6 Å². The van der Waals surface area contributed by atoms with Gasteiger partial charge in [-0.05, 0) is 71.4 Å². The third kappa shape index (κ3) is 12.0. The third-order valence-electron chi connectivity index (χ3n) is 7.84. The molecule has 3 unspecified atom stereocenters. The van der Waals surface area contributed by atoms with Gasteiger partial charge in [0.05, 0.1) is 18.5 Å². The van der Waals surface area contributed by atoms with Crippen molar-refractivity contribution in [1.82, 2.24) is 9.80 Å². The zero-order valence-corrected chi connectivity index (χ0v) is 28.8. The van der Waals surface area contributed by atoms with Crippen LogP contribution in [0.5, 0.6) is 0 Å². The molecule has 0 radical (unpaired) electrons. The van der Waals surface area contributed by atoms with Crippen LogP contribution in [-0.4, -0.2) is 81.9 Å². The molecule has 12 heteroatoms. The van der Waals surface area contributed by atoms with Crippen molar-refractivity contribution in [1.29, 1.82) is 0 Å². The largest absolute Gasteiger partial charge is 0.459 e. The highest BCUT2D eigenvalue weighted by atomic mass is 16.6. The Bertz CT molecular complexity index is 1490. The molecule has 4 rings (SSSR count). The first-order valence-electron chi connectivity index (χ1n) is 16.4. The number of rotatable bonds is 11. The number of nitrogens with zero attached hydrogens (tertiary/aromatic N) is 2. The minimum absolute atomic E-state index is 0.0826. The van der Waals surface area contributed by atoms with Crippen molar-refractivity contribution in [2.24, 2.45) is 5.92 Å². The maximum absolute atomic E-state index is 12.9. The number of hydrogen-bond acceptors (Lipinski definition) is 10. The average molecular weight is 679 g/mol. The molecule has 3 atom stereocenters. The Morgan fingerprint density at radius 2 is 1.16 bits per heavy atom. The topological polar surface area (TPSA) is 154 Å². The SMILES string of the molecule is CC(=O)C(C(=O)OC(C)(C)C)C(=O)C1CCCN1C(=O)OCc1ccccc1.CC(=O)CC(=O)C1CCCN1C(=O)OCc1ccccc1. The Hall–Kier alpha value is -4.87. The monoisotopic (exact) mass is 678 g/mol. The summed E-state index contributed by atoms with van der Waals surface area (Å²) >= 11 is 0. The fraction of sp³-hybridized carbons (Fsp3) is 0.486. The van der Waals surface area contributed by atoms with Gasteiger partial charge in [0.25, 0.3) is 0 Å². The van der Waals surface area contributed by atoms with Crippen LogP contribution in [0.2, 0.25) is 0 Å². The molecule has 2 aliphatic rings. The van der Waals surface area contributed by atoms with Crippen LogP contribution in [0.1, 0.15) is 77.8 Å². The van der Waals surface area contributed by atoms with Crippen molar-refractivity contribution in [3.05, 3.63) is 71.8 Å². The van der Waals surface area contributed by atoms with Crippen LogP contribution >= 0.6 is 0 Å². The van der Waals surface area contributed by atoms with E-state index < -0.39 is 53.3 Å². The van der Waals surface area contributed by atoms with Crippen molar-refractivity contribution in [2.45, 2.75) is 97.6 Å². The lowest BCUT2D eigenvalue weighted by molar-refractivity contribution is -0.164. The van der Waals surface area contributed by atoms with Crippen LogP contribution < -0.4 is 0 Å². The van der Waals surface area contributed by atoms with Gasteiger partial charge in [-0.3, -0.25) is 33.8 Å². The molecule has 12 nitrogen and oxygen atoms in total. The maximum atomic E-state index is 12.9. The van der Waals surface area contributed by atoms with E-state index in [1.54, 1.807) is 20.8 Å². The predicted octanol–water partition coefficient (Wildman–Crippen LogP) is 5.24. The Morgan fingerprint density at radius 3 is 1.59 bits per heavy atom. The lowest BCUT2D eigenvalue weighted by Crippen LogP contribution is -2.47. The number of benzene rings is 2. The van der Waals surface area contributed by atoms with Gasteiger partial charge in [-0.2, -0.15) is 0 Å². The van der Waals surface area contributed by atoms with Crippen LogP contribution in [0, 0.1) is 5.92 Å². The molecular formula is C37H46N2O10. The van der Waals surface area contributed by atoms with Crippen LogP contribution in [0.15, 0.2) is 60.7 Å². The van der Waals surface area contributed by atoms with E-state index in [-0.39, 0.29) is 31.2 Å². The number of carbonyl (C=O) groups is 7. The molecule has 0 spiro atoms. The number of amides is 2. The molecular weight excluding hydrogens is 632 g/mol. The van der Waals surface area contributed by atoms with E-state index in [0.29, 0.717) is 32.4 Å². The van der Waals surface area contributed by atoms with E-state index in [2.05, 4.69) is 0 Å². The summed E-state index contributed by atoms with van der Waals surface area (Å²) in [5.41, 5.74) is 0.902. The zero-order valence-electron chi connectivity index (χ0n) is 28.8. The molecule has 0 bridgehead atoms. The van der Waals surface area contributed by atoms with Crippen molar-refractivity contribution < 1.29 is 47.8 Å². The summed E-state index contributed by atoms with van der Waals surface area (Å²) in [7, 11) is 0. The second kappa shape index (κ2) is 18.0. The maximum Gasteiger partial charge on any atom is 0.410 e. The quantitative estimate of drug-likeness (QED) is 0.175. The smallest absolute Gasteiger partial charge is 0.410 e. The number of ether oxygens (including phenoxy) is 3. The average Bonchev–Trinajstić information content (AvgIpc) is 3.74. The van der Waals surface area contributed by atoms with Gasteiger partial charge in [0.1, 0.15) is 24.6 Å². The summed E-state index contributed by atoms with van der Waals surface area (Å²) in [4.78, 5) is 87.6. The van der Waals surface area contributed by atoms with Gasteiger partial charge in [0.2, 0.25) is 0 Å². The Morgan fingerprint density at radius 1 is 0.714 bits per heavy atom. The molecule has 2 heterocycles. The first-order valence-corrected chi connectivity index (χ1v) is 16.4.